The smallest absolute Gasteiger partial charge is 0.231 e. The minimum Gasteiger partial charge on any atom is -0.394 e. The summed E-state index contributed by atoms with van der Waals surface area (Å²) < 4.78 is 7.10. The van der Waals surface area contributed by atoms with Gasteiger partial charge in [0, 0.05) is 0 Å². The Balaban J connectivity index is 1.29. The van der Waals surface area contributed by atoms with Crippen LogP contribution in [-0.4, -0.2) is 65.7 Å². The summed E-state index contributed by atoms with van der Waals surface area (Å²) in [5.41, 5.74) is 0.474. The van der Waals surface area contributed by atoms with Gasteiger partial charge in [-0.1, -0.05) is 0 Å². The van der Waals surface area contributed by atoms with Gasteiger partial charge in [0.2, 0.25) is 5.91 Å². The molecule has 31 heavy (non-hydrogen) atoms. The first-order chi connectivity index (χ1) is 15.0. The van der Waals surface area contributed by atoms with Crippen LogP contribution in [0.4, 0.5) is 5.82 Å². The summed E-state index contributed by atoms with van der Waals surface area (Å²) >= 11 is 0. The first-order valence-electron chi connectivity index (χ1n) is 11.1. The fourth-order valence-corrected chi connectivity index (χ4v) is 6.87. The number of rotatable bonds is 4. The number of carbonyl (C=O) groups excluding carboxylic acids is 1. The molecule has 0 unspecified atom stereocenters. The average molecular weight is 429 g/mol. The zero-order valence-electron chi connectivity index (χ0n) is 17.1. The third-order valence-corrected chi connectivity index (χ3v) is 7.90. The fourth-order valence-electron chi connectivity index (χ4n) is 6.87. The van der Waals surface area contributed by atoms with Gasteiger partial charge in [-0.25, -0.2) is 15.0 Å². The molecule has 5 fully saturated rings. The molecule has 4 atom stereocenters. The van der Waals surface area contributed by atoms with Crippen LogP contribution in [-0.2, 0) is 9.53 Å². The molecule has 2 aromatic heterocycles. The molecule has 7 rings (SSSR count). The van der Waals surface area contributed by atoms with Crippen LogP contribution in [0.2, 0.25) is 0 Å². The van der Waals surface area contributed by atoms with Gasteiger partial charge in [0.1, 0.15) is 24.6 Å². The second kappa shape index (κ2) is 6.93. The second-order valence-corrected chi connectivity index (χ2v) is 9.93. The number of anilines is 1. The standard InChI is InChI=1S/C21H27N5O5/c27-7-13-15(28)16(29)19(31-13)26-9-24-14-17(22-8-23-18(14)26)25-20(30)21-4-10-1-11(5-21)3-12(2-10)6-21/h8-13,15-16,19,27-29H,1-7H2,(H,22,23,25,30)/t10?,11?,12?,13-,15+,16-,19-,21?/m1/s1. The largest absolute Gasteiger partial charge is 0.394 e. The number of carbonyl (C=O) groups is 1. The number of aliphatic hydroxyl groups excluding tert-OH is 3. The highest BCUT2D eigenvalue weighted by Crippen LogP contribution is 2.60. The van der Waals surface area contributed by atoms with Crippen LogP contribution in [0.3, 0.4) is 0 Å². The summed E-state index contributed by atoms with van der Waals surface area (Å²) in [5.74, 6) is 2.35. The molecule has 1 amide bonds. The Morgan fingerprint density at radius 3 is 2.39 bits per heavy atom. The van der Waals surface area contributed by atoms with Crippen molar-refractivity contribution >= 4 is 22.9 Å². The number of aliphatic hydroxyl groups is 3. The van der Waals surface area contributed by atoms with E-state index >= 15 is 0 Å². The van der Waals surface area contributed by atoms with Gasteiger partial charge in [0.25, 0.3) is 0 Å². The first-order valence-corrected chi connectivity index (χ1v) is 11.1. The maximum atomic E-state index is 13.4. The zero-order valence-corrected chi connectivity index (χ0v) is 17.1. The lowest BCUT2D eigenvalue weighted by molar-refractivity contribution is -0.140. The van der Waals surface area contributed by atoms with E-state index in [4.69, 9.17) is 4.74 Å². The normalized spacial score (nSPS) is 41.2. The monoisotopic (exact) mass is 429 g/mol. The molecule has 1 aliphatic heterocycles. The summed E-state index contributed by atoms with van der Waals surface area (Å²) in [4.78, 5) is 26.3. The number of imidazole rings is 1. The highest BCUT2D eigenvalue weighted by atomic mass is 16.6. The van der Waals surface area contributed by atoms with Gasteiger partial charge in [-0.15, -0.1) is 0 Å². The molecule has 4 aliphatic carbocycles. The molecule has 4 N–H and O–H groups in total. The Kier molecular flexibility index (Phi) is 4.37. The minimum absolute atomic E-state index is 0.0223. The number of hydrogen-bond donors (Lipinski definition) is 4. The quantitative estimate of drug-likeness (QED) is 0.553. The molecule has 0 spiro atoms. The van der Waals surface area contributed by atoms with Crippen LogP contribution in [0.1, 0.15) is 44.8 Å². The average Bonchev–Trinajstić information content (AvgIpc) is 3.29. The maximum Gasteiger partial charge on any atom is 0.231 e. The maximum absolute atomic E-state index is 13.4. The predicted octanol–water partition coefficient (Wildman–Crippen LogP) is 0.593. The summed E-state index contributed by atoms with van der Waals surface area (Å²) in [5, 5.41) is 32.8. The SMILES string of the molecule is O=C(Nc1ncnc2c1ncn2[C@@H]1O[C@H](CO)[C@H](O)[C@H]1O)C12CC3CC(CC(C3)C1)C2. The van der Waals surface area contributed by atoms with Crippen LogP contribution in [0.15, 0.2) is 12.7 Å². The third-order valence-electron chi connectivity index (χ3n) is 7.90. The van der Waals surface area contributed by atoms with Gasteiger partial charge in [-0.3, -0.25) is 9.36 Å². The van der Waals surface area contributed by atoms with Crippen molar-refractivity contribution in [1.29, 1.82) is 0 Å². The Morgan fingerprint density at radius 2 is 1.77 bits per heavy atom. The number of amides is 1. The molecule has 3 heterocycles. The van der Waals surface area contributed by atoms with Crippen molar-refractivity contribution in [2.75, 3.05) is 11.9 Å². The van der Waals surface area contributed by atoms with Gasteiger partial charge >= 0.3 is 0 Å². The van der Waals surface area contributed by atoms with E-state index in [0.29, 0.717) is 34.7 Å². The van der Waals surface area contributed by atoms with Crippen molar-refractivity contribution < 1.29 is 24.9 Å². The van der Waals surface area contributed by atoms with Crippen LogP contribution in [0.25, 0.3) is 11.2 Å². The number of fused-ring (bicyclic) bond motifs is 1. The van der Waals surface area contributed by atoms with Crippen LogP contribution < -0.4 is 5.32 Å². The molecule has 10 heteroatoms. The van der Waals surface area contributed by atoms with E-state index < -0.39 is 31.1 Å². The van der Waals surface area contributed by atoms with Gasteiger partial charge in [0.05, 0.1) is 18.3 Å². The highest BCUT2D eigenvalue weighted by molar-refractivity contribution is 6.00. The highest BCUT2D eigenvalue weighted by Gasteiger charge is 2.54. The molecule has 1 saturated heterocycles. The summed E-state index contributed by atoms with van der Waals surface area (Å²) in [7, 11) is 0. The van der Waals surface area contributed by atoms with Crippen molar-refractivity contribution in [1.82, 2.24) is 19.5 Å². The van der Waals surface area contributed by atoms with E-state index in [1.165, 1.54) is 36.5 Å². The van der Waals surface area contributed by atoms with Crippen molar-refractivity contribution in [2.45, 2.75) is 63.1 Å². The summed E-state index contributed by atoms with van der Waals surface area (Å²) in [6, 6.07) is 0. The van der Waals surface area contributed by atoms with Gasteiger partial charge < -0.3 is 25.4 Å². The lowest BCUT2D eigenvalue weighted by Crippen LogP contribution is -2.51. The van der Waals surface area contributed by atoms with Crippen LogP contribution in [0.5, 0.6) is 0 Å². The first kappa shape index (κ1) is 19.5. The zero-order chi connectivity index (χ0) is 21.3. The Labute approximate surface area is 178 Å². The van der Waals surface area contributed by atoms with Crippen LogP contribution in [0, 0.1) is 23.2 Å². The number of nitrogens with one attached hydrogen (secondary N) is 1. The molecule has 0 radical (unpaired) electrons. The Bertz CT molecular complexity index is 989. The molecule has 4 saturated carbocycles. The molecule has 166 valence electrons. The summed E-state index contributed by atoms with van der Waals surface area (Å²) in [6.07, 6.45) is 5.14. The second-order valence-electron chi connectivity index (χ2n) is 9.93. The Morgan fingerprint density at radius 1 is 1.10 bits per heavy atom. The van der Waals surface area contributed by atoms with Gasteiger partial charge in [-0.2, -0.15) is 0 Å². The van der Waals surface area contributed by atoms with E-state index in [1.807, 2.05) is 0 Å². The number of aromatic nitrogens is 4. The molecule has 4 bridgehead atoms. The van der Waals surface area contributed by atoms with E-state index in [-0.39, 0.29) is 11.3 Å². The molecule has 10 nitrogen and oxygen atoms in total. The number of hydrogen-bond acceptors (Lipinski definition) is 8. The van der Waals surface area contributed by atoms with Gasteiger partial charge in [0.15, 0.2) is 23.2 Å². The topological polar surface area (TPSA) is 143 Å². The fraction of sp³-hybridized carbons (Fsp3) is 0.714. The molecular formula is C21H27N5O5. The molecule has 2 aromatic rings. The number of ether oxygens (including phenoxy) is 1. The van der Waals surface area contributed by atoms with Crippen molar-refractivity contribution in [3.8, 4) is 0 Å². The van der Waals surface area contributed by atoms with E-state index in [1.54, 1.807) is 0 Å². The lowest BCUT2D eigenvalue weighted by Gasteiger charge is -2.55. The number of nitrogens with zero attached hydrogens (tertiary/aromatic N) is 4. The summed E-state index contributed by atoms with van der Waals surface area (Å²) in [6.45, 7) is -0.414. The molecule has 0 aromatic carbocycles. The van der Waals surface area contributed by atoms with Crippen molar-refractivity contribution in [2.24, 2.45) is 23.2 Å². The van der Waals surface area contributed by atoms with Gasteiger partial charge in [-0.05, 0) is 56.3 Å². The lowest BCUT2D eigenvalue weighted by atomic mass is 9.49. The molecule has 5 aliphatic rings. The molecular weight excluding hydrogens is 402 g/mol. The van der Waals surface area contributed by atoms with Crippen LogP contribution >= 0.6 is 0 Å². The van der Waals surface area contributed by atoms with Crippen molar-refractivity contribution in [3.05, 3.63) is 12.7 Å². The van der Waals surface area contributed by atoms with E-state index in [9.17, 15) is 20.1 Å². The minimum atomic E-state index is -1.24. The predicted molar refractivity (Wildman–Crippen MR) is 108 cm³/mol. The van der Waals surface area contributed by atoms with Crippen molar-refractivity contribution in [3.63, 3.8) is 0 Å². The Hall–Kier alpha value is -2.14. The third kappa shape index (κ3) is 2.92. The van der Waals surface area contributed by atoms with E-state index in [2.05, 4.69) is 20.3 Å². The van der Waals surface area contributed by atoms with E-state index in [0.717, 1.165) is 19.3 Å².